The van der Waals surface area contributed by atoms with Crippen LogP contribution in [0.1, 0.15) is 60.2 Å². The molecule has 3 aliphatic rings. The zero-order valence-electron chi connectivity index (χ0n) is 24.3. The lowest BCUT2D eigenvalue weighted by Gasteiger charge is -2.25. The average molecular weight is 563 g/mol. The third-order valence-corrected chi connectivity index (χ3v) is 8.42. The Morgan fingerprint density at radius 1 is 1.14 bits per heavy atom. The molecule has 1 aromatic heterocycles. The van der Waals surface area contributed by atoms with E-state index in [9.17, 15) is 10.4 Å². The van der Waals surface area contributed by atoms with Gasteiger partial charge in [0.25, 0.3) is 0 Å². The zero-order chi connectivity index (χ0) is 29.2. The molecular formula is C34H36N5O3+. The summed E-state index contributed by atoms with van der Waals surface area (Å²) in [7, 11) is 3.30. The van der Waals surface area contributed by atoms with Crippen molar-refractivity contribution >= 4 is 23.7 Å². The Morgan fingerprint density at radius 2 is 2.02 bits per heavy atom. The molecule has 0 saturated heterocycles. The Hall–Kier alpha value is -4.48. The molecule has 0 amide bonds. The highest BCUT2D eigenvalue weighted by Gasteiger charge is 2.38. The Bertz CT molecular complexity index is 1640. The van der Waals surface area contributed by atoms with E-state index in [0.29, 0.717) is 35.9 Å². The number of fused-ring (bicyclic) bond motifs is 2. The third kappa shape index (κ3) is 5.17. The summed E-state index contributed by atoms with van der Waals surface area (Å²) in [5, 5.41) is 20.9. The van der Waals surface area contributed by atoms with Crippen LogP contribution in [0, 0.1) is 17.2 Å². The Kier molecular flexibility index (Phi) is 7.77. The monoisotopic (exact) mass is 562 g/mol. The van der Waals surface area contributed by atoms with E-state index in [-0.39, 0.29) is 12.0 Å². The molecule has 8 heteroatoms. The maximum Gasteiger partial charge on any atom is 0.346 e. The second kappa shape index (κ2) is 11.8. The van der Waals surface area contributed by atoms with Gasteiger partial charge in [0.15, 0.2) is 0 Å². The van der Waals surface area contributed by atoms with Crippen molar-refractivity contribution in [1.29, 1.82) is 5.26 Å². The number of aromatic nitrogens is 2. The number of benzene rings is 2. The molecule has 1 N–H and O–H groups in total. The van der Waals surface area contributed by atoms with Crippen LogP contribution in [-0.2, 0) is 12.8 Å². The summed E-state index contributed by atoms with van der Waals surface area (Å²) in [6, 6.07) is 14.0. The lowest BCUT2D eigenvalue weighted by molar-refractivity contribution is -0.446. The normalized spacial score (nSPS) is 21.1. The second-order valence-electron chi connectivity index (χ2n) is 11.2. The van der Waals surface area contributed by atoms with Gasteiger partial charge in [-0.05, 0) is 73.8 Å². The molecular weight excluding hydrogens is 526 g/mol. The summed E-state index contributed by atoms with van der Waals surface area (Å²) in [6.07, 6.45) is 14.0. The van der Waals surface area contributed by atoms with Gasteiger partial charge in [-0.3, -0.25) is 4.90 Å². The largest absolute Gasteiger partial charge is 0.497 e. The van der Waals surface area contributed by atoms with Gasteiger partial charge < -0.3 is 14.6 Å². The van der Waals surface area contributed by atoms with Gasteiger partial charge in [0.1, 0.15) is 17.7 Å². The predicted molar refractivity (Wildman–Crippen MR) is 162 cm³/mol. The van der Waals surface area contributed by atoms with Crippen molar-refractivity contribution in [2.45, 2.75) is 51.2 Å². The van der Waals surface area contributed by atoms with Crippen LogP contribution in [-0.4, -0.2) is 52.7 Å². The van der Waals surface area contributed by atoms with Crippen LogP contribution in [0.2, 0.25) is 0 Å². The lowest BCUT2D eigenvalue weighted by atomic mass is 9.93. The average Bonchev–Trinajstić information content (AvgIpc) is 3.37. The molecule has 0 fully saturated rings. The maximum absolute atomic E-state index is 11.2. The highest BCUT2D eigenvalue weighted by atomic mass is 16.5. The summed E-state index contributed by atoms with van der Waals surface area (Å²) in [5.74, 6) is 3.05. The fraction of sp³-hybridized carbons (Fsp3) is 0.353. The first-order valence-electron chi connectivity index (χ1n) is 14.6. The van der Waals surface area contributed by atoms with Gasteiger partial charge in [-0.2, -0.15) is 10.2 Å². The van der Waals surface area contributed by atoms with E-state index in [0.717, 1.165) is 59.6 Å². The molecule has 2 aliphatic carbocycles. The number of hydrogen-bond donors (Lipinski definition) is 1. The number of rotatable bonds is 7. The van der Waals surface area contributed by atoms with Crippen LogP contribution >= 0.6 is 0 Å². The first-order valence-corrected chi connectivity index (χ1v) is 14.6. The van der Waals surface area contributed by atoms with Crippen LogP contribution in [0.15, 0.2) is 60.7 Å². The summed E-state index contributed by atoms with van der Waals surface area (Å²) in [4.78, 5) is 12.4. The van der Waals surface area contributed by atoms with Gasteiger partial charge in [0.2, 0.25) is 0 Å². The minimum absolute atomic E-state index is 0.0617. The number of methoxy groups -OCH3 is 2. The van der Waals surface area contributed by atoms with E-state index in [1.165, 1.54) is 0 Å². The topological polar surface area (TPSA) is 94.5 Å². The maximum atomic E-state index is 11.2. The van der Waals surface area contributed by atoms with Gasteiger partial charge in [0.05, 0.1) is 61.0 Å². The number of hydrogen-bond acceptors (Lipinski definition) is 7. The molecule has 2 aromatic carbocycles. The Morgan fingerprint density at radius 3 is 2.79 bits per heavy atom. The van der Waals surface area contributed by atoms with Crippen LogP contribution in [0.3, 0.4) is 0 Å². The van der Waals surface area contributed by atoms with Crippen molar-refractivity contribution in [1.82, 2.24) is 9.97 Å². The van der Waals surface area contributed by atoms with Crippen molar-refractivity contribution in [2.24, 2.45) is 5.92 Å². The van der Waals surface area contributed by atoms with Gasteiger partial charge >= 0.3 is 11.8 Å². The smallest absolute Gasteiger partial charge is 0.346 e. The van der Waals surface area contributed by atoms with Crippen molar-refractivity contribution in [3.63, 3.8) is 0 Å². The van der Waals surface area contributed by atoms with E-state index in [2.05, 4.69) is 53.0 Å². The number of nitrogens with zero attached hydrogens (tertiary/aromatic N) is 5. The quantitative estimate of drug-likeness (QED) is 0.291. The van der Waals surface area contributed by atoms with Crippen LogP contribution < -0.4 is 14.4 Å². The van der Waals surface area contributed by atoms with E-state index in [1.807, 2.05) is 36.4 Å². The Labute approximate surface area is 246 Å². The molecule has 2 unspecified atom stereocenters. The molecule has 0 radical (unpaired) electrons. The minimum Gasteiger partial charge on any atom is -0.497 e. The number of aliphatic hydroxyl groups is 1. The van der Waals surface area contributed by atoms with Crippen molar-refractivity contribution < 1.29 is 19.2 Å². The molecule has 6 rings (SSSR count). The summed E-state index contributed by atoms with van der Waals surface area (Å²) >= 11 is 0. The van der Waals surface area contributed by atoms with E-state index in [4.69, 9.17) is 19.4 Å². The van der Waals surface area contributed by atoms with E-state index < -0.39 is 6.10 Å². The molecule has 8 nitrogen and oxygen atoms in total. The van der Waals surface area contributed by atoms with Gasteiger partial charge in [-0.1, -0.05) is 30.4 Å². The number of aliphatic hydroxyl groups excluding tert-OH is 1. The summed E-state index contributed by atoms with van der Waals surface area (Å²) < 4.78 is 13.4. The molecule has 2 heterocycles. The summed E-state index contributed by atoms with van der Waals surface area (Å²) in [5.41, 5.74) is 5.22. The van der Waals surface area contributed by atoms with Gasteiger partial charge in [0, 0.05) is 18.0 Å². The number of nitriles is 1. The van der Waals surface area contributed by atoms with Crippen LogP contribution in [0.25, 0.3) is 0 Å². The number of allylic oxidation sites excluding steroid dienone is 3. The van der Waals surface area contributed by atoms with Gasteiger partial charge in [-0.25, -0.2) is 4.58 Å². The fourth-order valence-corrected chi connectivity index (χ4v) is 6.31. The van der Waals surface area contributed by atoms with E-state index >= 15 is 0 Å². The van der Waals surface area contributed by atoms with Crippen molar-refractivity contribution in [3.8, 4) is 17.6 Å². The highest BCUT2D eigenvalue weighted by Crippen LogP contribution is 2.42. The zero-order valence-corrected chi connectivity index (χ0v) is 24.3. The lowest BCUT2D eigenvalue weighted by Crippen LogP contribution is -2.29. The minimum atomic E-state index is -0.660. The molecule has 214 valence electrons. The molecule has 3 aromatic rings. The standard InChI is InChI=1S/C34H36N5O3/c1-22-17-28-24(19-35)11-7-13-29(28)39(22)34-36-32-27(12-8-14-30(32)40)33(37-34)38(20-23-9-5-4-6-10-23)21-25-15-16-26(41-2)18-31(25)42-3/h4-7,9,11,13,15-16,18,21-23,30,40H,8,10,12,14,17,20H2,1-3H3/q+1/t22?,23?,30-/m1/s1. The van der Waals surface area contributed by atoms with E-state index in [1.54, 1.807) is 14.2 Å². The van der Waals surface area contributed by atoms with Gasteiger partial charge in [-0.15, -0.1) is 0 Å². The Balaban J connectivity index is 1.54. The predicted octanol–water partition coefficient (Wildman–Crippen LogP) is 5.71. The molecule has 0 bridgehead atoms. The second-order valence-corrected chi connectivity index (χ2v) is 11.2. The first kappa shape index (κ1) is 27.7. The molecule has 42 heavy (non-hydrogen) atoms. The summed E-state index contributed by atoms with van der Waals surface area (Å²) in [6.45, 7) is 2.82. The fourth-order valence-electron chi connectivity index (χ4n) is 6.31. The van der Waals surface area contributed by atoms with Crippen molar-refractivity contribution in [2.75, 3.05) is 25.7 Å². The SMILES string of the molecule is COc1ccc(C=[N+](CC2C=CC=CC2)c2nc(N3c4cccc(C#N)c4CC3C)nc3c2CCC[C@H]3O)c(OC)c1. The van der Waals surface area contributed by atoms with Crippen LogP contribution in [0.5, 0.6) is 11.5 Å². The molecule has 1 aliphatic heterocycles. The molecule has 0 saturated carbocycles. The third-order valence-electron chi connectivity index (χ3n) is 8.42. The number of anilines is 2. The highest BCUT2D eigenvalue weighted by molar-refractivity contribution is 5.81. The van der Waals surface area contributed by atoms with Crippen molar-refractivity contribution in [3.05, 3.63) is 88.7 Å². The molecule has 3 atom stereocenters. The first-order chi connectivity index (χ1) is 20.5. The number of ether oxygens (including phenoxy) is 2. The van der Waals surface area contributed by atoms with Crippen LogP contribution in [0.4, 0.5) is 17.5 Å². The molecule has 0 spiro atoms.